The molecule has 2 N–H and O–H groups in total. The van der Waals surface area contributed by atoms with E-state index in [1.807, 2.05) is 6.07 Å². The van der Waals surface area contributed by atoms with E-state index < -0.39 is 11.9 Å². The summed E-state index contributed by atoms with van der Waals surface area (Å²) in [4.78, 5) is 27.1. The van der Waals surface area contributed by atoms with Gasteiger partial charge in [-0.3, -0.25) is 9.78 Å². The standard InChI is InChI=1S/C15H14N2O4/c1-21-9-10-3-2-4-11(7-10)14(18)17-13-8-16-6-5-12(13)15(19)20/h2-8H,9H2,1H3,(H,17,18)(H,19,20). The lowest BCUT2D eigenvalue weighted by molar-refractivity contribution is 0.0698. The molecule has 0 spiro atoms. The van der Waals surface area contributed by atoms with Crippen LogP contribution in [0.25, 0.3) is 0 Å². The Balaban J connectivity index is 2.22. The summed E-state index contributed by atoms with van der Waals surface area (Å²) in [6.07, 6.45) is 2.67. The smallest absolute Gasteiger partial charge is 0.337 e. The number of hydrogen-bond acceptors (Lipinski definition) is 4. The van der Waals surface area contributed by atoms with Crippen LogP contribution < -0.4 is 5.32 Å². The van der Waals surface area contributed by atoms with Crippen LogP contribution in [0.15, 0.2) is 42.7 Å². The van der Waals surface area contributed by atoms with Crippen LogP contribution in [0.2, 0.25) is 0 Å². The molecule has 21 heavy (non-hydrogen) atoms. The number of pyridine rings is 1. The molecule has 0 saturated carbocycles. The predicted octanol–water partition coefficient (Wildman–Crippen LogP) is 2.18. The molecule has 108 valence electrons. The number of carboxylic acids is 1. The van der Waals surface area contributed by atoms with Gasteiger partial charge in [0, 0.05) is 18.9 Å². The lowest BCUT2D eigenvalue weighted by Gasteiger charge is -2.08. The molecule has 1 aromatic carbocycles. The molecule has 6 heteroatoms. The van der Waals surface area contributed by atoms with Gasteiger partial charge in [-0.15, -0.1) is 0 Å². The van der Waals surface area contributed by atoms with Crippen LogP contribution in [-0.2, 0) is 11.3 Å². The Morgan fingerprint density at radius 3 is 2.86 bits per heavy atom. The van der Waals surface area contributed by atoms with Crippen LogP contribution in [-0.4, -0.2) is 29.1 Å². The van der Waals surface area contributed by atoms with Crippen LogP contribution in [0.5, 0.6) is 0 Å². The number of anilines is 1. The number of amides is 1. The van der Waals surface area contributed by atoms with Crippen LogP contribution >= 0.6 is 0 Å². The van der Waals surface area contributed by atoms with E-state index in [-0.39, 0.29) is 11.3 Å². The number of rotatable bonds is 5. The van der Waals surface area contributed by atoms with Gasteiger partial charge >= 0.3 is 5.97 Å². The zero-order valence-corrected chi connectivity index (χ0v) is 11.4. The van der Waals surface area contributed by atoms with Crippen molar-refractivity contribution < 1.29 is 19.4 Å². The number of hydrogen-bond donors (Lipinski definition) is 2. The molecule has 1 aromatic heterocycles. The van der Waals surface area contributed by atoms with E-state index >= 15 is 0 Å². The highest BCUT2D eigenvalue weighted by atomic mass is 16.5. The number of nitrogens with zero attached hydrogens (tertiary/aromatic N) is 1. The summed E-state index contributed by atoms with van der Waals surface area (Å²) >= 11 is 0. The van der Waals surface area contributed by atoms with Gasteiger partial charge in [-0.1, -0.05) is 12.1 Å². The number of carbonyl (C=O) groups is 2. The third-order valence-corrected chi connectivity index (χ3v) is 2.80. The Kier molecular flexibility index (Phi) is 4.63. The van der Waals surface area contributed by atoms with E-state index in [0.29, 0.717) is 12.2 Å². The van der Waals surface area contributed by atoms with Crippen molar-refractivity contribution in [3.63, 3.8) is 0 Å². The lowest BCUT2D eigenvalue weighted by atomic mass is 10.1. The number of aromatic nitrogens is 1. The molecule has 0 atom stereocenters. The van der Waals surface area contributed by atoms with Gasteiger partial charge in [0.05, 0.1) is 24.1 Å². The van der Waals surface area contributed by atoms with E-state index in [0.717, 1.165) is 5.56 Å². The minimum Gasteiger partial charge on any atom is -0.478 e. The first-order valence-electron chi connectivity index (χ1n) is 6.18. The molecule has 0 aliphatic rings. The molecular formula is C15H14N2O4. The largest absolute Gasteiger partial charge is 0.478 e. The molecule has 2 rings (SSSR count). The highest BCUT2D eigenvalue weighted by Gasteiger charge is 2.13. The van der Waals surface area contributed by atoms with Crippen LogP contribution in [0, 0.1) is 0 Å². The topological polar surface area (TPSA) is 88.5 Å². The maximum absolute atomic E-state index is 12.2. The molecule has 2 aromatic rings. The first kappa shape index (κ1) is 14.7. The highest BCUT2D eigenvalue weighted by molar-refractivity contribution is 6.07. The summed E-state index contributed by atoms with van der Waals surface area (Å²) < 4.78 is 5.01. The van der Waals surface area contributed by atoms with Crippen molar-refractivity contribution in [1.29, 1.82) is 0 Å². The number of ether oxygens (including phenoxy) is 1. The predicted molar refractivity (Wildman–Crippen MR) is 76.3 cm³/mol. The van der Waals surface area contributed by atoms with Crippen LogP contribution in [0.4, 0.5) is 5.69 Å². The fourth-order valence-electron chi connectivity index (χ4n) is 1.84. The SMILES string of the molecule is COCc1cccc(C(=O)Nc2cnccc2C(=O)O)c1. The van der Waals surface area contributed by atoms with Crippen molar-refractivity contribution in [3.05, 3.63) is 59.4 Å². The van der Waals surface area contributed by atoms with Crippen molar-refractivity contribution in [3.8, 4) is 0 Å². The molecule has 0 fully saturated rings. The summed E-state index contributed by atoms with van der Waals surface area (Å²) in [7, 11) is 1.57. The first-order chi connectivity index (χ1) is 10.1. The summed E-state index contributed by atoms with van der Waals surface area (Å²) in [6.45, 7) is 0.397. The number of methoxy groups -OCH3 is 1. The maximum Gasteiger partial charge on any atom is 0.337 e. The number of nitrogens with one attached hydrogen (secondary N) is 1. The Labute approximate surface area is 121 Å². The average molecular weight is 286 g/mol. The highest BCUT2D eigenvalue weighted by Crippen LogP contribution is 2.15. The van der Waals surface area contributed by atoms with Gasteiger partial charge in [0.2, 0.25) is 0 Å². The summed E-state index contributed by atoms with van der Waals surface area (Å²) in [5.41, 5.74) is 1.43. The van der Waals surface area contributed by atoms with Crippen molar-refractivity contribution in [2.24, 2.45) is 0 Å². The fourth-order valence-corrected chi connectivity index (χ4v) is 1.84. The van der Waals surface area contributed by atoms with Gasteiger partial charge in [-0.2, -0.15) is 0 Å². The Morgan fingerprint density at radius 2 is 2.14 bits per heavy atom. The maximum atomic E-state index is 12.2. The Bertz CT molecular complexity index is 670. The molecule has 0 unspecified atom stereocenters. The summed E-state index contributed by atoms with van der Waals surface area (Å²) in [5, 5.41) is 11.6. The normalized spacial score (nSPS) is 10.1. The van der Waals surface area contributed by atoms with E-state index in [4.69, 9.17) is 9.84 Å². The van der Waals surface area contributed by atoms with Gasteiger partial charge in [0.1, 0.15) is 0 Å². The zero-order chi connectivity index (χ0) is 15.2. The molecule has 0 aliphatic carbocycles. The Morgan fingerprint density at radius 1 is 1.33 bits per heavy atom. The van der Waals surface area contributed by atoms with Crippen molar-refractivity contribution in [2.75, 3.05) is 12.4 Å². The number of aromatic carboxylic acids is 1. The van der Waals surface area contributed by atoms with Crippen molar-refractivity contribution >= 4 is 17.6 Å². The molecule has 1 amide bonds. The van der Waals surface area contributed by atoms with Gasteiger partial charge in [0.25, 0.3) is 5.91 Å². The van der Waals surface area contributed by atoms with E-state index in [1.165, 1.54) is 18.5 Å². The van der Waals surface area contributed by atoms with Crippen molar-refractivity contribution in [2.45, 2.75) is 6.61 Å². The minimum absolute atomic E-state index is 0.00797. The van der Waals surface area contributed by atoms with E-state index in [2.05, 4.69) is 10.3 Å². The second-order valence-corrected chi connectivity index (χ2v) is 4.31. The minimum atomic E-state index is -1.12. The molecule has 0 bridgehead atoms. The summed E-state index contributed by atoms with van der Waals surface area (Å²) in [6, 6.07) is 8.25. The molecule has 1 heterocycles. The van der Waals surface area contributed by atoms with E-state index in [9.17, 15) is 9.59 Å². The molecule has 6 nitrogen and oxygen atoms in total. The monoisotopic (exact) mass is 286 g/mol. The third-order valence-electron chi connectivity index (χ3n) is 2.80. The number of benzene rings is 1. The number of carboxylic acid groups (broad SMARTS) is 1. The van der Waals surface area contributed by atoms with E-state index in [1.54, 1.807) is 25.3 Å². The average Bonchev–Trinajstić information content (AvgIpc) is 2.48. The van der Waals surface area contributed by atoms with Gasteiger partial charge in [-0.25, -0.2) is 4.79 Å². The molecule has 0 saturated heterocycles. The van der Waals surface area contributed by atoms with Gasteiger partial charge in [0.15, 0.2) is 0 Å². The van der Waals surface area contributed by atoms with Gasteiger partial charge < -0.3 is 15.2 Å². The lowest BCUT2D eigenvalue weighted by Crippen LogP contribution is -2.15. The third kappa shape index (κ3) is 3.64. The number of carbonyl (C=O) groups excluding carboxylic acids is 1. The zero-order valence-electron chi connectivity index (χ0n) is 11.4. The Hall–Kier alpha value is -2.73. The molecular weight excluding hydrogens is 272 g/mol. The van der Waals surface area contributed by atoms with Gasteiger partial charge in [-0.05, 0) is 23.8 Å². The fraction of sp³-hybridized carbons (Fsp3) is 0.133. The van der Waals surface area contributed by atoms with Crippen LogP contribution in [0.1, 0.15) is 26.3 Å². The molecule has 0 aliphatic heterocycles. The molecule has 0 radical (unpaired) electrons. The summed E-state index contributed by atoms with van der Waals surface area (Å²) in [5.74, 6) is -1.52. The van der Waals surface area contributed by atoms with Crippen molar-refractivity contribution in [1.82, 2.24) is 4.98 Å². The second-order valence-electron chi connectivity index (χ2n) is 4.31. The first-order valence-corrected chi connectivity index (χ1v) is 6.18. The van der Waals surface area contributed by atoms with Crippen LogP contribution in [0.3, 0.4) is 0 Å². The second kappa shape index (κ2) is 6.62. The quantitative estimate of drug-likeness (QED) is 0.879.